The molecule has 2 N–H and O–H groups in total. The molecular formula is C18H20N6S. The average Bonchev–Trinajstić information content (AvgIpc) is 3.09. The molecule has 25 heavy (non-hydrogen) atoms. The smallest absolute Gasteiger partial charge is 0.225 e. The number of benzene rings is 1. The second kappa shape index (κ2) is 7.23. The summed E-state index contributed by atoms with van der Waals surface area (Å²) in [6.07, 6.45) is 4.94. The fraction of sp³-hybridized carbons (Fsp3) is 0.333. The van der Waals surface area contributed by atoms with Crippen molar-refractivity contribution in [2.24, 2.45) is 0 Å². The van der Waals surface area contributed by atoms with Gasteiger partial charge >= 0.3 is 0 Å². The van der Waals surface area contributed by atoms with Gasteiger partial charge in [-0.25, -0.2) is 5.10 Å². The van der Waals surface area contributed by atoms with E-state index in [1.165, 1.54) is 36.8 Å². The van der Waals surface area contributed by atoms with Gasteiger partial charge in [-0.05, 0) is 60.8 Å². The second-order valence-corrected chi connectivity index (χ2v) is 7.25. The lowest BCUT2D eigenvalue weighted by Gasteiger charge is -2.16. The molecule has 0 spiro atoms. The van der Waals surface area contributed by atoms with E-state index in [2.05, 4.69) is 55.8 Å². The van der Waals surface area contributed by atoms with Gasteiger partial charge in [0.15, 0.2) is 5.82 Å². The maximum Gasteiger partial charge on any atom is 0.225 e. The number of hydrogen-bond acceptors (Lipinski definition) is 6. The summed E-state index contributed by atoms with van der Waals surface area (Å²) >= 11 is 1.59. The highest BCUT2D eigenvalue weighted by atomic mass is 32.2. The summed E-state index contributed by atoms with van der Waals surface area (Å²) in [6, 6.07) is 10.5. The topological polar surface area (TPSA) is 79.4 Å². The SMILES string of the molecule is CCSc1n[nH]c(Nc2ccc(-c3ccc4c(c3)CCCC4)nn2)n1. The molecule has 0 fully saturated rings. The molecule has 3 aromatic rings. The van der Waals surface area contributed by atoms with Crippen molar-refractivity contribution >= 4 is 23.5 Å². The van der Waals surface area contributed by atoms with Crippen molar-refractivity contribution in [2.75, 3.05) is 11.1 Å². The molecule has 0 amide bonds. The third-order valence-corrected chi connectivity index (χ3v) is 5.02. The van der Waals surface area contributed by atoms with Crippen molar-refractivity contribution < 1.29 is 0 Å². The van der Waals surface area contributed by atoms with Crippen LogP contribution in [0.2, 0.25) is 0 Å². The van der Waals surface area contributed by atoms with Crippen molar-refractivity contribution in [2.45, 2.75) is 37.8 Å². The summed E-state index contributed by atoms with van der Waals surface area (Å²) in [5, 5.41) is 19.4. The minimum Gasteiger partial charge on any atom is -0.308 e. The van der Waals surface area contributed by atoms with E-state index in [9.17, 15) is 0 Å². The van der Waals surface area contributed by atoms with Gasteiger partial charge in [-0.1, -0.05) is 30.8 Å². The van der Waals surface area contributed by atoms with Gasteiger partial charge in [0.1, 0.15) is 0 Å². The molecular weight excluding hydrogens is 332 g/mol. The third kappa shape index (κ3) is 3.66. The maximum absolute atomic E-state index is 4.36. The predicted molar refractivity (Wildman–Crippen MR) is 100 cm³/mol. The highest BCUT2D eigenvalue weighted by Gasteiger charge is 2.11. The predicted octanol–water partition coefficient (Wildman–Crippen LogP) is 4.00. The maximum atomic E-state index is 4.36. The lowest BCUT2D eigenvalue weighted by Crippen LogP contribution is -2.03. The first-order valence-electron chi connectivity index (χ1n) is 8.60. The zero-order chi connectivity index (χ0) is 17.1. The summed E-state index contributed by atoms with van der Waals surface area (Å²) in [7, 11) is 0. The highest BCUT2D eigenvalue weighted by Crippen LogP contribution is 2.26. The lowest BCUT2D eigenvalue weighted by atomic mass is 9.90. The van der Waals surface area contributed by atoms with Crippen LogP contribution in [0.25, 0.3) is 11.3 Å². The fourth-order valence-corrected chi connectivity index (χ4v) is 3.59. The van der Waals surface area contributed by atoms with Gasteiger partial charge in [-0.15, -0.1) is 15.3 Å². The molecule has 0 unspecified atom stereocenters. The zero-order valence-electron chi connectivity index (χ0n) is 14.1. The minimum atomic E-state index is 0.576. The molecule has 128 valence electrons. The van der Waals surface area contributed by atoms with Gasteiger partial charge in [0.25, 0.3) is 0 Å². The summed E-state index contributed by atoms with van der Waals surface area (Å²) in [5.74, 6) is 2.16. The Labute approximate surface area is 150 Å². The van der Waals surface area contributed by atoms with Gasteiger partial charge in [0.05, 0.1) is 5.69 Å². The lowest BCUT2D eigenvalue weighted by molar-refractivity contribution is 0.686. The van der Waals surface area contributed by atoms with Crippen LogP contribution >= 0.6 is 11.8 Å². The summed E-state index contributed by atoms with van der Waals surface area (Å²) < 4.78 is 0. The van der Waals surface area contributed by atoms with Crippen molar-refractivity contribution in [1.82, 2.24) is 25.4 Å². The number of anilines is 2. The van der Waals surface area contributed by atoms with Crippen molar-refractivity contribution in [3.63, 3.8) is 0 Å². The molecule has 0 radical (unpaired) electrons. The number of rotatable bonds is 5. The van der Waals surface area contributed by atoms with Crippen LogP contribution in [0.5, 0.6) is 0 Å². The van der Waals surface area contributed by atoms with Crippen LogP contribution in [0.3, 0.4) is 0 Å². The van der Waals surface area contributed by atoms with Crippen LogP contribution in [0.15, 0.2) is 35.5 Å². The van der Waals surface area contributed by atoms with Gasteiger partial charge in [-0.3, -0.25) is 0 Å². The molecule has 0 saturated heterocycles. The number of aromatic nitrogens is 5. The summed E-state index contributed by atoms with van der Waals surface area (Å²) in [4.78, 5) is 4.34. The van der Waals surface area contributed by atoms with Gasteiger partial charge in [0, 0.05) is 5.56 Å². The first-order valence-corrected chi connectivity index (χ1v) is 9.58. The minimum absolute atomic E-state index is 0.576. The Morgan fingerprint density at radius 3 is 2.76 bits per heavy atom. The molecule has 0 saturated carbocycles. The Kier molecular flexibility index (Phi) is 4.65. The van der Waals surface area contributed by atoms with Crippen LogP contribution in [0.4, 0.5) is 11.8 Å². The summed E-state index contributed by atoms with van der Waals surface area (Å²) in [6.45, 7) is 2.07. The molecule has 1 aliphatic carbocycles. The molecule has 7 heteroatoms. The van der Waals surface area contributed by atoms with Crippen LogP contribution in [0.1, 0.15) is 30.9 Å². The highest BCUT2D eigenvalue weighted by molar-refractivity contribution is 7.99. The molecule has 6 nitrogen and oxygen atoms in total. The van der Waals surface area contributed by atoms with E-state index < -0.39 is 0 Å². The van der Waals surface area contributed by atoms with Crippen LogP contribution < -0.4 is 5.32 Å². The molecule has 2 aromatic heterocycles. The van der Waals surface area contributed by atoms with Crippen LogP contribution in [0, 0.1) is 0 Å². The van der Waals surface area contributed by atoms with Crippen molar-refractivity contribution in [3.05, 3.63) is 41.5 Å². The standard InChI is InChI=1S/C18H20N6S/c1-2-25-18-20-17(23-24-18)19-16-10-9-15(21-22-16)14-8-7-12-5-3-4-6-13(12)11-14/h7-11H,2-6H2,1H3,(H2,19,20,22,23,24). The molecule has 1 aliphatic rings. The monoisotopic (exact) mass is 352 g/mol. The van der Waals surface area contributed by atoms with Crippen LogP contribution in [-0.2, 0) is 12.8 Å². The van der Waals surface area contributed by atoms with Gasteiger partial charge < -0.3 is 5.32 Å². The van der Waals surface area contributed by atoms with E-state index in [0.717, 1.165) is 22.2 Å². The molecule has 0 bridgehead atoms. The fourth-order valence-electron chi connectivity index (χ4n) is 3.06. The van der Waals surface area contributed by atoms with Crippen molar-refractivity contribution in [1.29, 1.82) is 0 Å². The van der Waals surface area contributed by atoms with Crippen molar-refractivity contribution in [3.8, 4) is 11.3 Å². The Balaban J connectivity index is 1.49. The zero-order valence-corrected chi connectivity index (χ0v) is 14.9. The molecule has 1 aromatic carbocycles. The van der Waals surface area contributed by atoms with Gasteiger partial charge in [0.2, 0.25) is 11.1 Å². The Bertz CT molecular complexity index is 858. The third-order valence-electron chi connectivity index (χ3n) is 4.29. The first kappa shape index (κ1) is 16.1. The largest absolute Gasteiger partial charge is 0.308 e. The molecule has 2 heterocycles. The van der Waals surface area contributed by atoms with E-state index in [1.807, 2.05) is 12.1 Å². The Morgan fingerprint density at radius 2 is 1.96 bits per heavy atom. The van der Waals surface area contributed by atoms with E-state index in [-0.39, 0.29) is 0 Å². The first-order chi connectivity index (χ1) is 12.3. The quantitative estimate of drug-likeness (QED) is 0.676. The average molecular weight is 352 g/mol. The number of nitrogens with one attached hydrogen (secondary N) is 2. The molecule has 0 aliphatic heterocycles. The Hall–Kier alpha value is -2.41. The van der Waals surface area contributed by atoms with E-state index in [1.54, 1.807) is 11.8 Å². The number of nitrogens with zero attached hydrogens (tertiary/aromatic N) is 4. The van der Waals surface area contributed by atoms with E-state index in [4.69, 9.17) is 0 Å². The second-order valence-electron chi connectivity index (χ2n) is 6.02. The van der Waals surface area contributed by atoms with Gasteiger partial charge in [-0.2, -0.15) is 4.98 Å². The number of H-pyrrole nitrogens is 1. The summed E-state index contributed by atoms with van der Waals surface area (Å²) in [5.41, 5.74) is 4.95. The number of hydrogen-bond donors (Lipinski definition) is 2. The number of aryl methyl sites for hydroxylation is 2. The Morgan fingerprint density at radius 1 is 1.08 bits per heavy atom. The molecule has 0 atom stereocenters. The normalized spacial score (nSPS) is 13.5. The van der Waals surface area contributed by atoms with Crippen LogP contribution in [-0.4, -0.2) is 31.1 Å². The van der Waals surface area contributed by atoms with E-state index in [0.29, 0.717) is 11.8 Å². The number of thioether (sulfide) groups is 1. The molecule has 4 rings (SSSR count). The van der Waals surface area contributed by atoms with E-state index >= 15 is 0 Å². The number of fused-ring (bicyclic) bond motifs is 1. The number of aromatic amines is 1.